The number of hydrogen-bond acceptors (Lipinski definition) is 2. The van der Waals surface area contributed by atoms with E-state index in [-0.39, 0.29) is 0 Å². The summed E-state index contributed by atoms with van der Waals surface area (Å²) in [6.07, 6.45) is 3.15. The van der Waals surface area contributed by atoms with Crippen molar-refractivity contribution in [2.45, 2.75) is 64.5 Å². The van der Waals surface area contributed by atoms with Gasteiger partial charge >= 0.3 is 6.18 Å². The number of aromatic hydroxyl groups is 1. The lowest BCUT2D eigenvalue weighted by atomic mass is 10.00. The number of rotatable bonds is 9. The Labute approximate surface area is 129 Å². The Morgan fingerprint density at radius 1 is 1.05 bits per heavy atom. The molecule has 5 heteroatoms. The van der Waals surface area contributed by atoms with Crippen LogP contribution in [0.5, 0.6) is 5.75 Å². The fourth-order valence-electron chi connectivity index (χ4n) is 2.40. The van der Waals surface area contributed by atoms with Gasteiger partial charge < -0.3 is 5.11 Å². The number of benzene rings is 1. The van der Waals surface area contributed by atoms with Gasteiger partial charge in [-0.2, -0.15) is 13.2 Å². The zero-order valence-corrected chi connectivity index (χ0v) is 12.9. The highest BCUT2D eigenvalue weighted by molar-refractivity contribution is 6.02. The summed E-state index contributed by atoms with van der Waals surface area (Å²) in [5.41, 5.74) is -0.253. The standard InChI is InChI=1S/C17H23F3O2/c1-2-3-4-5-6-7-8-10-13-11-9-12-14(15(13)21)16(22)17(18,19)20/h9,11-12,21H,2-8,10H2,1H3. The van der Waals surface area contributed by atoms with Gasteiger partial charge in [-0.05, 0) is 24.5 Å². The summed E-state index contributed by atoms with van der Waals surface area (Å²) >= 11 is 0. The van der Waals surface area contributed by atoms with Gasteiger partial charge in [-0.25, -0.2) is 0 Å². The molecule has 0 bridgehead atoms. The highest BCUT2D eigenvalue weighted by Crippen LogP contribution is 2.30. The van der Waals surface area contributed by atoms with Crippen molar-refractivity contribution in [2.24, 2.45) is 0 Å². The molecule has 1 aromatic carbocycles. The minimum atomic E-state index is -4.96. The van der Waals surface area contributed by atoms with Crippen LogP contribution in [0.4, 0.5) is 13.2 Å². The van der Waals surface area contributed by atoms with Gasteiger partial charge in [0.25, 0.3) is 5.78 Å². The largest absolute Gasteiger partial charge is 0.507 e. The molecule has 0 amide bonds. The zero-order valence-electron chi connectivity index (χ0n) is 12.9. The van der Waals surface area contributed by atoms with Crippen LogP contribution in [-0.4, -0.2) is 17.1 Å². The Kier molecular flexibility index (Phi) is 7.42. The Bertz CT molecular complexity index is 481. The highest BCUT2D eigenvalue weighted by atomic mass is 19.4. The predicted molar refractivity (Wildman–Crippen MR) is 80.2 cm³/mol. The molecule has 0 radical (unpaired) electrons. The maximum absolute atomic E-state index is 12.4. The van der Waals surface area contributed by atoms with Gasteiger partial charge in [-0.3, -0.25) is 4.79 Å². The molecular weight excluding hydrogens is 293 g/mol. The maximum Gasteiger partial charge on any atom is 0.455 e. The van der Waals surface area contributed by atoms with Gasteiger partial charge in [0.1, 0.15) is 5.75 Å². The van der Waals surface area contributed by atoms with Crippen LogP contribution >= 0.6 is 0 Å². The minimum absolute atomic E-state index is 0.406. The molecule has 0 heterocycles. The molecule has 0 saturated carbocycles. The quantitative estimate of drug-likeness (QED) is 0.487. The number of alkyl halides is 3. The van der Waals surface area contributed by atoms with Gasteiger partial charge in [0, 0.05) is 0 Å². The van der Waals surface area contributed by atoms with E-state index < -0.39 is 23.3 Å². The molecule has 0 aromatic heterocycles. The molecule has 0 fully saturated rings. The average Bonchev–Trinajstić information content (AvgIpc) is 2.46. The van der Waals surface area contributed by atoms with Crippen molar-refractivity contribution >= 4 is 5.78 Å². The molecule has 0 atom stereocenters. The molecular formula is C17H23F3O2. The second-order valence-corrected chi connectivity index (χ2v) is 5.51. The molecule has 1 aromatic rings. The van der Waals surface area contributed by atoms with Crippen molar-refractivity contribution in [1.29, 1.82) is 0 Å². The Morgan fingerprint density at radius 3 is 2.23 bits per heavy atom. The summed E-state index contributed by atoms with van der Waals surface area (Å²) in [5, 5.41) is 9.87. The maximum atomic E-state index is 12.4. The monoisotopic (exact) mass is 316 g/mol. The molecule has 1 N–H and O–H groups in total. The smallest absolute Gasteiger partial charge is 0.455 e. The minimum Gasteiger partial charge on any atom is -0.507 e. The predicted octanol–water partition coefficient (Wildman–Crippen LogP) is 5.43. The number of hydrogen-bond donors (Lipinski definition) is 1. The van der Waals surface area contributed by atoms with Crippen LogP contribution in [0.25, 0.3) is 0 Å². The van der Waals surface area contributed by atoms with Crippen molar-refractivity contribution in [2.75, 3.05) is 0 Å². The van der Waals surface area contributed by atoms with Crippen molar-refractivity contribution in [3.05, 3.63) is 29.3 Å². The fraction of sp³-hybridized carbons (Fsp3) is 0.588. The Hall–Kier alpha value is -1.52. The van der Waals surface area contributed by atoms with E-state index >= 15 is 0 Å². The SMILES string of the molecule is CCCCCCCCCc1cccc(C(=O)C(F)(F)F)c1O. The van der Waals surface area contributed by atoms with Crippen molar-refractivity contribution in [3.63, 3.8) is 0 Å². The van der Waals surface area contributed by atoms with Crippen LogP contribution in [0.3, 0.4) is 0 Å². The fourth-order valence-corrected chi connectivity index (χ4v) is 2.40. The van der Waals surface area contributed by atoms with E-state index in [9.17, 15) is 23.1 Å². The Morgan fingerprint density at radius 2 is 1.64 bits per heavy atom. The van der Waals surface area contributed by atoms with Crippen LogP contribution in [0.2, 0.25) is 0 Å². The van der Waals surface area contributed by atoms with E-state index in [0.717, 1.165) is 31.7 Å². The number of phenolic OH excluding ortho intramolecular Hbond substituents is 1. The van der Waals surface area contributed by atoms with E-state index in [4.69, 9.17) is 0 Å². The first-order valence-corrected chi connectivity index (χ1v) is 7.80. The number of carbonyl (C=O) groups excluding carboxylic acids is 1. The summed E-state index contributed by atoms with van der Waals surface area (Å²) in [7, 11) is 0. The lowest BCUT2D eigenvalue weighted by molar-refractivity contribution is -0.0886. The van der Waals surface area contributed by atoms with Gasteiger partial charge in [0.05, 0.1) is 5.56 Å². The topological polar surface area (TPSA) is 37.3 Å². The molecule has 2 nitrogen and oxygen atoms in total. The highest BCUT2D eigenvalue weighted by Gasteiger charge is 2.40. The van der Waals surface area contributed by atoms with Crippen LogP contribution in [0.1, 0.15) is 67.8 Å². The summed E-state index contributed by atoms with van der Waals surface area (Å²) in [6.45, 7) is 2.15. The van der Waals surface area contributed by atoms with E-state index in [1.54, 1.807) is 6.07 Å². The summed E-state index contributed by atoms with van der Waals surface area (Å²) in [5.74, 6) is -2.53. The van der Waals surface area contributed by atoms with Gasteiger partial charge in [0.15, 0.2) is 0 Å². The molecule has 124 valence electrons. The lowest BCUT2D eigenvalue weighted by Gasteiger charge is -2.10. The second-order valence-electron chi connectivity index (χ2n) is 5.51. The molecule has 0 aliphatic carbocycles. The van der Waals surface area contributed by atoms with Gasteiger partial charge in [-0.1, -0.05) is 57.6 Å². The number of para-hydroxylation sites is 1. The number of phenols is 1. The van der Waals surface area contributed by atoms with Crippen molar-refractivity contribution in [1.82, 2.24) is 0 Å². The summed E-state index contributed by atoms with van der Waals surface area (Å²) in [6, 6.07) is 3.97. The molecule has 0 spiro atoms. The van der Waals surface area contributed by atoms with Crippen LogP contribution in [-0.2, 0) is 6.42 Å². The van der Waals surface area contributed by atoms with E-state index in [2.05, 4.69) is 6.92 Å². The third-order valence-electron chi connectivity index (χ3n) is 3.67. The van der Waals surface area contributed by atoms with Gasteiger partial charge in [-0.15, -0.1) is 0 Å². The zero-order chi connectivity index (χ0) is 16.6. The first-order valence-electron chi connectivity index (χ1n) is 7.80. The number of ketones is 1. The molecule has 0 saturated heterocycles. The number of halogens is 3. The number of aryl methyl sites for hydroxylation is 1. The Balaban J connectivity index is 2.53. The van der Waals surface area contributed by atoms with E-state index in [1.807, 2.05) is 0 Å². The first-order chi connectivity index (χ1) is 10.4. The normalized spacial score (nSPS) is 11.6. The molecule has 1 rings (SSSR count). The van der Waals surface area contributed by atoms with Gasteiger partial charge in [0.2, 0.25) is 0 Å². The molecule has 0 aliphatic rings. The lowest BCUT2D eigenvalue weighted by Crippen LogP contribution is -2.23. The molecule has 22 heavy (non-hydrogen) atoms. The number of unbranched alkanes of at least 4 members (excludes halogenated alkanes) is 6. The van der Waals surface area contributed by atoms with Crippen molar-refractivity contribution in [3.8, 4) is 5.75 Å². The number of Topliss-reactive ketones (excluding diaryl/α,β-unsaturated/α-hetero) is 1. The van der Waals surface area contributed by atoms with E-state index in [1.165, 1.54) is 25.3 Å². The van der Waals surface area contributed by atoms with Crippen LogP contribution in [0, 0.1) is 0 Å². The molecule has 0 aliphatic heterocycles. The van der Waals surface area contributed by atoms with E-state index in [0.29, 0.717) is 12.0 Å². The summed E-state index contributed by atoms with van der Waals surface area (Å²) in [4.78, 5) is 11.2. The van der Waals surface area contributed by atoms with Crippen LogP contribution < -0.4 is 0 Å². The summed E-state index contributed by atoms with van der Waals surface area (Å²) < 4.78 is 37.3. The number of carbonyl (C=O) groups is 1. The third-order valence-corrected chi connectivity index (χ3v) is 3.67. The average molecular weight is 316 g/mol. The second kappa shape index (κ2) is 8.81. The third kappa shape index (κ3) is 5.70. The van der Waals surface area contributed by atoms with Crippen molar-refractivity contribution < 1.29 is 23.1 Å². The first kappa shape index (κ1) is 18.5. The van der Waals surface area contributed by atoms with Crippen LogP contribution in [0.15, 0.2) is 18.2 Å². The molecule has 0 unspecified atom stereocenters.